The van der Waals surface area contributed by atoms with E-state index in [0.29, 0.717) is 29.0 Å². The van der Waals surface area contributed by atoms with Crippen LogP contribution in [0.25, 0.3) is 0 Å². The van der Waals surface area contributed by atoms with E-state index >= 15 is 0 Å². The SMILES string of the molecule is CN(CC(=O)Nc1ccc(N)cc1Cl)C1CCC1. The van der Waals surface area contributed by atoms with Gasteiger partial charge in [-0.05, 0) is 38.1 Å². The largest absolute Gasteiger partial charge is 0.399 e. The molecule has 0 aromatic heterocycles. The van der Waals surface area contributed by atoms with E-state index < -0.39 is 0 Å². The topological polar surface area (TPSA) is 58.4 Å². The number of nitrogen functional groups attached to an aromatic ring is 1. The van der Waals surface area contributed by atoms with Gasteiger partial charge in [0.2, 0.25) is 5.91 Å². The van der Waals surface area contributed by atoms with Crippen molar-refractivity contribution >= 4 is 28.9 Å². The minimum atomic E-state index is -0.0453. The molecule has 1 saturated carbocycles. The molecule has 0 spiro atoms. The smallest absolute Gasteiger partial charge is 0.238 e. The second-order valence-electron chi connectivity index (χ2n) is 4.79. The highest BCUT2D eigenvalue weighted by atomic mass is 35.5. The van der Waals surface area contributed by atoms with Crippen LogP contribution in [0.2, 0.25) is 5.02 Å². The van der Waals surface area contributed by atoms with Crippen molar-refractivity contribution in [1.29, 1.82) is 0 Å². The van der Waals surface area contributed by atoms with E-state index in [1.54, 1.807) is 18.2 Å². The summed E-state index contributed by atoms with van der Waals surface area (Å²) in [5, 5.41) is 3.27. The Labute approximate surface area is 112 Å². The summed E-state index contributed by atoms with van der Waals surface area (Å²) >= 11 is 6.00. The van der Waals surface area contributed by atoms with Gasteiger partial charge in [0.1, 0.15) is 0 Å². The highest BCUT2D eigenvalue weighted by molar-refractivity contribution is 6.34. The van der Waals surface area contributed by atoms with Crippen LogP contribution in [0, 0.1) is 0 Å². The minimum absolute atomic E-state index is 0.0453. The van der Waals surface area contributed by atoms with Gasteiger partial charge < -0.3 is 11.1 Å². The van der Waals surface area contributed by atoms with Crippen LogP contribution in [-0.2, 0) is 4.79 Å². The number of nitrogens with one attached hydrogen (secondary N) is 1. The fourth-order valence-corrected chi connectivity index (χ4v) is 2.24. The fraction of sp³-hybridized carbons (Fsp3) is 0.462. The van der Waals surface area contributed by atoms with Crippen LogP contribution in [0.15, 0.2) is 18.2 Å². The van der Waals surface area contributed by atoms with Crippen LogP contribution in [0.3, 0.4) is 0 Å². The Kier molecular flexibility index (Phi) is 4.09. The fourth-order valence-electron chi connectivity index (χ4n) is 2.01. The van der Waals surface area contributed by atoms with Crippen LogP contribution >= 0.6 is 11.6 Å². The van der Waals surface area contributed by atoms with E-state index in [1.807, 2.05) is 7.05 Å². The zero-order valence-electron chi connectivity index (χ0n) is 10.4. The van der Waals surface area contributed by atoms with E-state index in [-0.39, 0.29) is 5.91 Å². The van der Waals surface area contributed by atoms with Crippen LogP contribution in [-0.4, -0.2) is 30.4 Å². The van der Waals surface area contributed by atoms with Gasteiger partial charge in [-0.2, -0.15) is 0 Å². The molecule has 98 valence electrons. The molecule has 1 amide bonds. The van der Waals surface area contributed by atoms with Crippen molar-refractivity contribution in [3.63, 3.8) is 0 Å². The molecule has 0 saturated heterocycles. The Balaban J connectivity index is 1.90. The molecule has 1 fully saturated rings. The summed E-state index contributed by atoms with van der Waals surface area (Å²) in [5.41, 5.74) is 6.80. The lowest BCUT2D eigenvalue weighted by Crippen LogP contribution is -2.41. The Hall–Kier alpha value is -1.26. The van der Waals surface area contributed by atoms with Crippen molar-refractivity contribution in [3.8, 4) is 0 Å². The molecule has 5 heteroatoms. The molecule has 3 N–H and O–H groups in total. The number of hydrogen-bond donors (Lipinski definition) is 2. The molecular formula is C13H18ClN3O. The second kappa shape index (κ2) is 5.59. The third-order valence-corrected chi connectivity index (χ3v) is 3.67. The lowest BCUT2D eigenvalue weighted by molar-refractivity contribution is -0.117. The van der Waals surface area contributed by atoms with Crippen molar-refractivity contribution in [2.45, 2.75) is 25.3 Å². The van der Waals surface area contributed by atoms with Crippen molar-refractivity contribution in [3.05, 3.63) is 23.2 Å². The summed E-state index contributed by atoms with van der Waals surface area (Å²) in [6, 6.07) is 5.63. The van der Waals surface area contributed by atoms with Crippen LogP contribution in [0.4, 0.5) is 11.4 Å². The number of anilines is 2. The van der Waals surface area contributed by atoms with Crippen molar-refractivity contribution in [2.24, 2.45) is 0 Å². The van der Waals surface area contributed by atoms with Crippen molar-refractivity contribution < 1.29 is 4.79 Å². The number of likely N-dealkylation sites (N-methyl/N-ethyl adjacent to an activating group) is 1. The standard InChI is InChI=1S/C13H18ClN3O/c1-17(10-3-2-4-10)8-13(18)16-12-6-5-9(15)7-11(12)14/h5-7,10H,2-4,8,15H2,1H3,(H,16,18). The molecule has 1 aliphatic rings. The van der Waals surface area contributed by atoms with Crippen LogP contribution in [0.1, 0.15) is 19.3 Å². The van der Waals surface area contributed by atoms with Gasteiger partial charge in [-0.15, -0.1) is 0 Å². The highest BCUT2D eigenvalue weighted by Crippen LogP contribution is 2.25. The van der Waals surface area contributed by atoms with Gasteiger partial charge in [0, 0.05) is 11.7 Å². The first-order valence-corrected chi connectivity index (χ1v) is 6.49. The van der Waals surface area contributed by atoms with Crippen LogP contribution in [0.5, 0.6) is 0 Å². The van der Waals surface area contributed by atoms with Crippen molar-refractivity contribution in [1.82, 2.24) is 4.90 Å². The predicted octanol–water partition coefficient (Wildman–Crippen LogP) is 2.34. The number of nitrogens with two attached hydrogens (primary N) is 1. The van der Waals surface area contributed by atoms with Gasteiger partial charge in [0.15, 0.2) is 0 Å². The third kappa shape index (κ3) is 3.15. The lowest BCUT2D eigenvalue weighted by Gasteiger charge is -2.34. The summed E-state index contributed by atoms with van der Waals surface area (Å²) in [7, 11) is 1.98. The molecule has 2 rings (SSSR count). The minimum Gasteiger partial charge on any atom is -0.399 e. The molecule has 0 radical (unpaired) electrons. The van der Waals surface area contributed by atoms with Gasteiger partial charge in [-0.25, -0.2) is 0 Å². The zero-order chi connectivity index (χ0) is 13.1. The summed E-state index contributed by atoms with van der Waals surface area (Å²) in [6.45, 7) is 0.394. The molecule has 0 aliphatic heterocycles. The maximum absolute atomic E-state index is 11.9. The van der Waals surface area contributed by atoms with E-state index in [1.165, 1.54) is 19.3 Å². The van der Waals surface area contributed by atoms with E-state index in [2.05, 4.69) is 10.2 Å². The van der Waals surface area contributed by atoms with E-state index in [0.717, 1.165) is 0 Å². The van der Waals surface area contributed by atoms with Gasteiger partial charge in [-0.3, -0.25) is 9.69 Å². The molecule has 18 heavy (non-hydrogen) atoms. The first-order valence-electron chi connectivity index (χ1n) is 6.11. The number of carbonyl (C=O) groups is 1. The molecule has 1 aromatic carbocycles. The summed E-state index contributed by atoms with van der Waals surface area (Å²) in [5.74, 6) is -0.0453. The normalized spacial score (nSPS) is 15.5. The predicted molar refractivity (Wildman–Crippen MR) is 74.8 cm³/mol. The molecule has 0 bridgehead atoms. The first kappa shape index (κ1) is 13.2. The Bertz CT molecular complexity index is 446. The number of nitrogens with zero attached hydrogens (tertiary/aromatic N) is 1. The second-order valence-corrected chi connectivity index (χ2v) is 5.19. The highest BCUT2D eigenvalue weighted by Gasteiger charge is 2.23. The van der Waals surface area contributed by atoms with Gasteiger partial charge >= 0.3 is 0 Å². The molecule has 0 heterocycles. The molecule has 4 nitrogen and oxygen atoms in total. The first-order chi connectivity index (χ1) is 8.56. The van der Waals surface area contributed by atoms with Crippen LogP contribution < -0.4 is 11.1 Å². The summed E-state index contributed by atoms with van der Waals surface area (Å²) < 4.78 is 0. The van der Waals surface area contributed by atoms with E-state index in [4.69, 9.17) is 17.3 Å². The van der Waals surface area contributed by atoms with Gasteiger partial charge in [-0.1, -0.05) is 18.0 Å². The van der Waals surface area contributed by atoms with Gasteiger partial charge in [0.05, 0.1) is 17.3 Å². The Morgan fingerprint density at radius 3 is 2.83 bits per heavy atom. The number of rotatable bonds is 4. The number of hydrogen-bond acceptors (Lipinski definition) is 3. The summed E-state index contributed by atoms with van der Waals surface area (Å²) in [4.78, 5) is 13.9. The molecule has 1 aromatic rings. The maximum Gasteiger partial charge on any atom is 0.238 e. The molecule has 0 atom stereocenters. The molecule has 0 unspecified atom stereocenters. The third-order valence-electron chi connectivity index (χ3n) is 3.36. The van der Waals surface area contributed by atoms with Crippen molar-refractivity contribution in [2.75, 3.05) is 24.6 Å². The summed E-state index contributed by atoms with van der Waals surface area (Å²) in [6.07, 6.45) is 3.64. The number of halogens is 1. The number of benzene rings is 1. The number of carbonyl (C=O) groups excluding carboxylic acids is 1. The monoisotopic (exact) mass is 267 g/mol. The quantitative estimate of drug-likeness (QED) is 0.824. The Morgan fingerprint density at radius 1 is 1.56 bits per heavy atom. The lowest BCUT2D eigenvalue weighted by atomic mass is 9.92. The Morgan fingerprint density at radius 2 is 2.28 bits per heavy atom. The maximum atomic E-state index is 11.9. The average Bonchev–Trinajstić information content (AvgIpc) is 2.19. The number of amides is 1. The molecular weight excluding hydrogens is 250 g/mol. The van der Waals surface area contributed by atoms with Gasteiger partial charge in [0.25, 0.3) is 0 Å². The van der Waals surface area contributed by atoms with E-state index in [9.17, 15) is 4.79 Å². The molecule has 1 aliphatic carbocycles. The average molecular weight is 268 g/mol. The zero-order valence-corrected chi connectivity index (χ0v) is 11.2.